The average Bonchev–Trinajstić information content (AvgIpc) is 3.09. The molecule has 9 heteroatoms. The molecule has 0 aliphatic carbocycles. The molecule has 0 saturated carbocycles. The van der Waals surface area contributed by atoms with Crippen molar-refractivity contribution in [3.05, 3.63) is 17.5 Å². The van der Waals surface area contributed by atoms with Gasteiger partial charge in [0, 0.05) is 31.2 Å². The van der Waals surface area contributed by atoms with Crippen molar-refractivity contribution >= 4 is 28.5 Å². The van der Waals surface area contributed by atoms with Crippen molar-refractivity contribution < 1.29 is 14.3 Å². The highest BCUT2D eigenvalue weighted by Gasteiger charge is 2.33. The zero-order valence-corrected chi connectivity index (χ0v) is 17.8. The number of pyridine rings is 1. The lowest BCUT2D eigenvalue weighted by molar-refractivity contribution is -0.136. The van der Waals surface area contributed by atoms with Gasteiger partial charge in [-0.15, -0.1) is 0 Å². The number of hydrogen-bond donors (Lipinski definition) is 2. The molecule has 2 amide bonds. The van der Waals surface area contributed by atoms with Crippen LogP contribution in [0.25, 0.3) is 11.0 Å². The minimum atomic E-state index is -0.781. The molecule has 1 fully saturated rings. The van der Waals surface area contributed by atoms with Crippen LogP contribution in [-0.4, -0.2) is 50.8 Å². The Labute approximate surface area is 170 Å². The molecule has 2 aromatic heterocycles. The summed E-state index contributed by atoms with van der Waals surface area (Å²) in [5.74, 6) is 4.93. The molecular formula is C20H30N6O3. The third-order valence-electron chi connectivity index (χ3n) is 5.13. The second-order valence-electron chi connectivity index (χ2n) is 8.41. The molecule has 1 aliphatic heterocycles. The number of hydrogen-bond acceptors (Lipinski definition) is 7. The molecule has 3 rings (SSSR count). The van der Waals surface area contributed by atoms with Crippen LogP contribution in [0.5, 0.6) is 0 Å². The number of fused-ring (bicyclic) bond motifs is 1. The average molecular weight is 402 g/mol. The van der Waals surface area contributed by atoms with Crippen molar-refractivity contribution in [3.63, 3.8) is 0 Å². The third-order valence-corrected chi connectivity index (χ3v) is 5.13. The van der Waals surface area contributed by atoms with Gasteiger partial charge in [0.25, 0.3) is 5.91 Å². The van der Waals surface area contributed by atoms with Crippen LogP contribution in [0.1, 0.15) is 56.6 Å². The maximum atomic E-state index is 13.3. The van der Waals surface area contributed by atoms with Crippen LogP contribution in [0, 0.1) is 12.3 Å². The van der Waals surface area contributed by atoms with Crippen molar-refractivity contribution in [2.75, 3.05) is 18.5 Å². The van der Waals surface area contributed by atoms with Gasteiger partial charge in [-0.05, 0) is 26.7 Å². The minimum absolute atomic E-state index is 0.148. The van der Waals surface area contributed by atoms with E-state index in [1.807, 2.05) is 6.92 Å². The molecule has 0 aromatic carbocycles. The Morgan fingerprint density at radius 2 is 2.00 bits per heavy atom. The van der Waals surface area contributed by atoms with Gasteiger partial charge in [0.2, 0.25) is 5.91 Å². The highest BCUT2D eigenvalue weighted by Crippen LogP contribution is 2.32. The van der Waals surface area contributed by atoms with Gasteiger partial charge in [0.05, 0.1) is 28.5 Å². The quantitative estimate of drug-likeness (QED) is 0.458. The number of nitrogens with one attached hydrogen (secondary N) is 1. The summed E-state index contributed by atoms with van der Waals surface area (Å²) >= 11 is 0. The highest BCUT2D eigenvalue weighted by atomic mass is 16.5. The van der Waals surface area contributed by atoms with Gasteiger partial charge < -0.3 is 10.1 Å². The first-order chi connectivity index (χ1) is 13.6. The number of imide groups is 1. The van der Waals surface area contributed by atoms with E-state index in [0.29, 0.717) is 47.4 Å². The van der Waals surface area contributed by atoms with Gasteiger partial charge >= 0.3 is 0 Å². The summed E-state index contributed by atoms with van der Waals surface area (Å²) in [5.41, 5.74) is 1.35. The van der Waals surface area contributed by atoms with Crippen LogP contribution in [0.3, 0.4) is 0 Å². The molecule has 158 valence electrons. The SMILES string of the molecule is CCn1ncc2c(NC3CCOCC3)c(C(=O)N(N)C(=O)C(C)(C)C)c(C)nc21. The third kappa shape index (κ3) is 4.11. The molecule has 3 heterocycles. The number of ether oxygens (including phenoxy) is 1. The fourth-order valence-electron chi connectivity index (χ4n) is 3.47. The van der Waals surface area contributed by atoms with Crippen molar-refractivity contribution in [3.8, 4) is 0 Å². The Kier molecular flexibility index (Phi) is 5.90. The van der Waals surface area contributed by atoms with Crippen molar-refractivity contribution in [1.29, 1.82) is 0 Å². The highest BCUT2D eigenvalue weighted by molar-refractivity contribution is 6.12. The number of aryl methyl sites for hydroxylation is 2. The number of rotatable bonds is 4. The monoisotopic (exact) mass is 402 g/mol. The number of amides is 2. The molecule has 9 nitrogen and oxygen atoms in total. The second kappa shape index (κ2) is 8.08. The number of anilines is 1. The lowest BCUT2D eigenvalue weighted by atomic mass is 9.95. The van der Waals surface area contributed by atoms with E-state index in [4.69, 9.17) is 10.6 Å². The maximum absolute atomic E-state index is 13.3. The Morgan fingerprint density at radius 3 is 2.59 bits per heavy atom. The van der Waals surface area contributed by atoms with Gasteiger partial charge in [0.1, 0.15) is 0 Å². The Hall–Kier alpha value is -2.52. The first-order valence-corrected chi connectivity index (χ1v) is 9.99. The second-order valence-corrected chi connectivity index (χ2v) is 8.41. The smallest absolute Gasteiger partial charge is 0.278 e. The topological polar surface area (TPSA) is 115 Å². The van der Waals surface area contributed by atoms with E-state index in [2.05, 4.69) is 15.4 Å². The number of carbonyl (C=O) groups is 2. The lowest BCUT2D eigenvalue weighted by Gasteiger charge is -2.28. The van der Waals surface area contributed by atoms with E-state index in [1.54, 1.807) is 38.6 Å². The normalized spacial score (nSPS) is 15.5. The number of carbonyl (C=O) groups excluding carboxylic acids is 2. The van der Waals surface area contributed by atoms with Crippen molar-refractivity contribution in [2.45, 2.75) is 60.0 Å². The summed E-state index contributed by atoms with van der Waals surface area (Å²) in [7, 11) is 0. The predicted molar refractivity (Wildman–Crippen MR) is 110 cm³/mol. The van der Waals surface area contributed by atoms with E-state index >= 15 is 0 Å². The molecule has 0 spiro atoms. The lowest BCUT2D eigenvalue weighted by Crippen LogP contribution is -2.48. The molecule has 0 unspecified atom stereocenters. The largest absolute Gasteiger partial charge is 0.381 e. The molecule has 0 radical (unpaired) electrons. The van der Waals surface area contributed by atoms with Gasteiger partial charge in [-0.1, -0.05) is 20.8 Å². The molecule has 3 N–H and O–H groups in total. The summed E-state index contributed by atoms with van der Waals surface area (Å²) in [5, 5.41) is 9.33. The molecule has 0 bridgehead atoms. The van der Waals surface area contributed by atoms with Crippen LogP contribution in [-0.2, 0) is 16.1 Å². The van der Waals surface area contributed by atoms with Gasteiger partial charge in [-0.2, -0.15) is 5.10 Å². The Bertz CT molecular complexity index is 924. The number of nitrogens with two attached hydrogens (primary N) is 1. The first kappa shape index (κ1) is 21.2. The molecular weight excluding hydrogens is 372 g/mol. The maximum Gasteiger partial charge on any atom is 0.278 e. The number of aromatic nitrogens is 3. The van der Waals surface area contributed by atoms with E-state index in [0.717, 1.165) is 18.2 Å². The minimum Gasteiger partial charge on any atom is -0.381 e. The van der Waals surface area contributed by atoms with Crippen LogP contribution >= 0.6 is 0 Å². The summed E-state index contributed by atoms with van der Waals surface area (Å²) in [6.45, 7) is 10.9. The number of hydrazine groups is 1. The van der Waals surface area contributed by atoms with Crippen molar-refractivity contribution in [2.24, 2.45) is 11.3 Å². The van der Waals surface area contributed by atoms with E-state index in [1.165, 1.54) is 0 Å². The summed E-state index contributed by atoms with van der Waals surface area (Å²) in [4.78, 5) is 30.5. The summed E-state index contributed by atoms with van der Waals surface area (Å²) < 4.78 is 7.23. The van der Waals surface area contributed by atoms with Crippen LogP contribution in [0.4, 0.5) is 5.69 Å². The van der Waals surface area contributed by atoms with Gasteiger partial charge in [-0.3, -0.25) is 9.59 Å². The van der Waals surface area contributed by atoms with Crippen LogP contribution < -0.4 is 11.2 Å². The van der Waals surface area contributed by atoms with Crippen molar-refractivity contribution in [1.82, 2.24) is 19.8 Å². The Morgan fingerprint density at radius 1 is 1.34 bits per heavy atom. The molecule has 29 heavy (non-hydrogen) atoms. The Balaban J connectivity index is 2.11. The molecule has 1 saturated heterocycles. The standard InChI is InChI=1S/C20H30N6O3/c1-6-25-17-14(11-22-25)16(24-13-7-9-29-10-8-13)15(12(2)23-17)18(27)26(21)19(28)20(3,4)5/h11,13H,6-10,21H2,1-5H3,(H,23,24). The molecule has 2 aromatic rings. The zero-order valence-electron chi connectivity index (χ0n) is 17.8. The summed E-state index contributed by atoms with van der Waals surface area (Å²) in [6.07, 6.45) is 3.35. The number of nitrogens with zero attached hydrogens (tertiary/aromatic N) is 4. The predicted octanol–water partition coefficient (Wildman–Crippen LogP) is 2.24. The summed E-state index contributed by atoms with van der Waals surface area (Å²) in [6, 6.07) is 0.148. The van der Waals surface area contributed by atoms with E-state index in [9.17, 15) is 9.59 Å². The van der Waals surface area contributed by atoms with E-state index < -0.39 is 17.2 Å². The molecule has 1 aliphatic rings. The fraction of sp³-hybridized carbons (Fsp3) is 0.600. The zero-order chi connectivity index (χ0) is 21.3. The van der Waals surface area contributed by atoms with Crippen LogP contribution in [0.2, 0.25) is 0 Å². The van der Waals surface area contributed by atoms with Gasteiger partial charge in [-0.25, -0.2) is 20.5 Å². The fourth-order valence-corrected chi connectivity index (χ4v) is 3.47. The first-order valence-electron chi connectivity index (χ1n) is 9.99. The van der Waals surface area contributed by atoms with E-state index in [-0.39, 0.29) is 6.04 Å². The molecule has 0 atom stereocenters. The van der Waals surface area contributed by atoms with Crippen LogP contribution in [0.15, 0.2) is 6.20 Å². The van der Waals surface area contributed by atoms with Gasteiger partial charge in [0.15, 0.2) is 5.65 Å².